The SMILES string of the molecule is c1cc(-c2ccoc2)c2cncn2c1. The summed E-state index contributed by atoms with van der Waals surface area (Å²) in [5.74, 6) is 0. The van der Waals surface area contributed by atoms with Crippen LogP contribution in [-0.2, 0) is 0 Å². The fourth-order valence-electron chi connectivity index (χ4n) is 1.61. The molecule has 0 amide bonds. The summed E-state index contributed by atoms with van der Waals surface area (Å²) in [6.45, 7) is 0. The predicted molar refractivity (Wildman–Crippen MR) is 52.9 cm³/mol. The lowest BCUT2D eigenvalue weighted by molar-refractivity contribution is 0.568. The molecule has 0 saturated heterocycles. The van der Waals surface area contributed by atoms with E-state index >= 15 is 0 Å². The van der Waals surface area contributed by atoms with Gasteiger partial charge in [-0.25, -0.2) is 4.98 Å². The highest BCUT2D eigenvalue weighted by Crippen LogP contribution is 2.24. The molecule has 0 bridgehead atoms. The van der Waals surface area contributed by atoms with E-state index in [0.29, 0.717) is 0 Å². The number of nitrogens with zero attached hydrogens (tertiary/aromatic N) is 2. The smallest absolute Gasteiger partial charge is 0.0992 e. The van der Waals surface area contributed by atoms with E-state index in [-0.39, 0.29) is 0 Å². The van der Waals surface area contributed by atoms with Crippen molar-refractivity contribution < 1.29 is 4.42 Å². The summed E-state index contributed by atoms with van der Waals surface area (Å²) in [7, 11) is 0. The van der Waals surface area contributed by atoms with E-state index in [1.807, 2.05) is 28.9 Å². The van der Waals surface area contributed by atoms with Crippen molar-refractivity contribution in [3.8, 4) is 11.1 Å². The Labute approximate surface area is 80.6 Å². The van der Waals surface area contributed by atoms with Gasteiger partial charge in [0.2, 0.25) is 0 Å². The molecule has 3 heterocycles. The first-order chi connectivity index (χ1) is 6.95. The second kappa shape index (κ2) is 2.73. The minimum atomic E-state index is 1.08. The normalized spacial score (nSPS) is 10.9. The molecule has 68 valence electrons. The second-order valence-corrected chi connectivity index (χ2v) is 3.12. The Balaban J connectivity index is 2.36. The van der Waals surface area contributed by atoms with E-state index in [1.54, 1.807) is 18.9 Å². The maximum Gasteiger partial charge on any atom is 0.0992 e. The van der Waals surface area contributed by atoms with Crippen molar-refractivity contribution in [1.29, 1.82) is 0 Å². The van der Waals surface area contributed by atoms with Crippen LogP contribution in [0.2, 0.25) is 0 Å². The molecule has 14 heavy (non-hydrogen) atoms. The molecule has 0 fully saturated rings. The van der Waals surface area contributed by atoms with Gasteiger partial charge in [-0.05, 0) is 12.1 Å². The van der Waals surface area contributed by atoms with Crippen LogP contribution in [-0.4, -0.2) is 9.38 Å². The van der Waals surface area contributed by atoms with E-state index in [9.17, 15) is 0 Å². The Hall–Kier alpha value is -2.03. The molecule has 0 radical (unpaired) electrons. The number of hydrogen-bond acceptors (Lipinski definition) is 2. The summed E-state index contributed by atoms with van der Waals surface area (Å²) in [6, 6.07) is 6.00. The van der Waals surface area contributed by atoms with Gasteiger partial charge in [0.15, 0.2) is 0 Å². The zero-order valence-electron chi connectivity index (χ0n) is 7.42. The molecule has 0 spiro atoms. The monoisotopic (exact) mass is 184 g/mol. The van der Waals surface area contributed by atoms with E-state index in [2.05, 4.69) is 11.1 Å². The summed E-state index contributed by atoms with van der Waals surface area (Å²) in [4.78, 5) is 4.10. The Morgan fingerprint density at radius 3 is 3.14 bits per heavy atom. The third-order valence-electron chi connectivity index (χ3n) is 2.28. The van der Waals surface area contributed by atoms with Gasteiger partial charge < -0.3 is 8.82 Å². The zero-order valence-corrected chi connectivity index (χ0v) is 7.42. The van der Waals surface area contributed by atoms with Crippen LogP contribution in [0.1, 0.15) is 0 Å². The van der Waals surface area contributed by atoms with Gasteiger partial charge in [0.25, 0.3) is 0 Å². The summed E-state index contributed by atoms with van der Waals surface area (Å²) in [6.07, 6.45) is 9.03. The van der Waals surface area contributed by atoms with Gasteiger partial charge in [-0.3, -0.25) is 0 Å². The third-order valence-corrected chi connectivity index (χ3v) is 2.28. The van der Waals surface area contributed by atoms with Crippen molar-refractivity contribution in [3.05, 3.63) is 49.4 Å². The number of rotatable bonds is 1. The van der Waals surface area contributed by atoms with E-state index in [4.69, 9.17) is 4.42 Å². The predicted octanol–water partition coefficient (Wildman–Crippen LogP) is 2.59. The Bertz CT molecular complexity index is 551. The first kappa shape index (κ1) is 7.38. The van der Waals surface area contributed by atoms with Gasteiger partial charge in [-0.15, -0.1) is 0 Å². The van der Waals surface area contributed by atoms with Crippen LogP contribution in [0.4, 0.5) is 0 Å². The van der Waals surface area contributed by atoms with Crippen LogP contribution >= 0.6 is 0 Å². The maximum atomic E-state index is 5.06. The minimum Gasteiger partial charge on any atom is -0.472 e. The van der Waals surface area contributed by atoms with Crippen molar-refractivity contribution in [1.82, 2.24) is 9.38 Å². The highest BCUT2D eigenvalue weighted by Gasteiger charge is 2.04. The van der Waals surface area contributed by atoms with Crippen LogP contribution < -0.4 is 0 Å². The number of aromatic nitrogens is 2. The van der Waals surface area contributed by atoms with Crippen molar-refractivity contribution in [2.75, 3.05) is 0 Å². The topological polar surface area (TPSA) is 30.4 Å². The largest absolute Gasteiger partial charge is 0.472 e. The molecule has 0 aliphatic carbocycles. The number of fused-ring (bicyclic) bond motifs is 1. The Morgan fingerprint density at radius 1 is 1.29 bits per heavy atom. The van der Waals surface area contributed by atoms with Crippen LogP contribution in [0.5, 0.6) is 0 Å². The highest BCUT2D eigenvalue weighted by molar-refractivity contribution is 5.78. The number of furan rings is 1. The molecule has 3 rings (SSSR count). The highest BCUT2D eigenvalue weighted by atomic mass is 16.3. The molecule has 0 aliphatic rings. The summed E-state index contributed by atoms with van der Waals surface area (Å²) in [5.41, 5.74) is 3.31. The van der Waals surface area contributed by atoms with Gasteiger partial charge in [0.05, 0.1) is 30.6 Å². The van der Waals surface area contributed by atoms with Gasteiger partial charge in [-0.1, -0.05) is 6.07 Å². The van der Waals surface area contributed by atoms with E-state index < -0.39 is 0 Å². The van der Waals surface area contributed by atoms with Crippen LogP contribution in [0, 0.1) is 0 Å². The molecule has 0 N–H and O–H groups in total. The molecular weight excluding hydrogens is 176 g/mol. The van der Waals surface area contributed by atoms with Gasteiger partial charge >= 0.3 is 0 Å². The average molecular weight is 184 g/mol. The fourth-order valence-corrected chi connectivity index (χ4v) is 1.61. The number of hydrogen-bond donors (Lipinski definition) is 0. The lowest BCUT2D eigenvalue weighted by atomic mass is 10.1. The lowest BCUT2D eigenvalue weighted by Gasteiger charge is -1.99. The number of pyridine rings is 1. The molecule has 0 atom stereocenters. The molecule has 3 aromatic heterocycles. The standard InChI is InChI=1S/C11H8N2O/c1-2-10(9-3-5-14-7-9)11-6-12-8-13(11)4-1/h1-8H. The molecule has 3 heteroatoms. The van der Waals surface area contributed by atoms with Gasteiger partial charge in [-0.2, -0.15) is 0 Å². The molecular formula is C11H8N2O. The quantitative estimate of drug-likeness (QED) is 0.582. The van der Waals surface area contributed by atoms with Crippen molar-refractivity contribution >= 4 is 5.52 Å². The first-order valence-corrected chi connectivity index (χ1v) is 4.38. The zero-order chi connectivity index (χ0) is 9.38. The van der Waals surface area contributed by atoms with Gasteiger partial charge in [0, 0.05) is 17.3 Å². The van der Waals surface area contributed by atoms with Crippen LogP contribution in [0.25, 0.3) is 16.6 Å². The Morgan fingerprint density at radius 2 is 2.29 bits per heavy atom. The van der Waals surface area contributed by atoms with E-state index in [1.165, 1.54) is 0 Å². The molecule has 3 aromatic rings. The summed E-state index contributed by atoms with van der Waals surface area (Å²) >= 11 is 0. The first-order valence-electron chi connectivity index (χ1n) is 4.38. The van der Waals surface area contributed by atoms with Gasteiger partial charge in [0.1, 0.15) is 0 Å². The van der Waals surface area contributed by atoms with Crippen molar-refractivity contribution in [3.63, 3.8) is 0 Å². The molecule has 3 nitrogen and oxygen atoms in total. The van der Waals surface area contributed by atoms with Crippen molar-refractivity contribution in [2.24, 2.45) is 0 Å². The summed E-state index contributed by atoms with van der Waals surface area (Å²) < 4.78 is 7.05. The fraction of sp³-hybridized carbons (Fsp3) is 0. The lowest BCUT2D eigenvalue weighted by Crippen LogP contribution is -1.83. The molecule has 0 aliphatic heterocycles. The van der Waals surface area contributed by atoms with E-state index in [0.717, 1.165) is 16.6 Å². The molecule has 0 unspecified atom stereocenters. The molecule has 0 saturated carbocycles. The second-order valence-electron chi connectivity index (χ2n) is 3.12. The summed E-state index contributed by atoms with van der Waals surface area (Å²) in [5, 5.41) is 0. The Kier molecular flexibility index (Phi) is 1.44. The maximum absolute atomic E-state index is 5.06. The number of imidazole rings is 1. The third kappa shape index (κ3) is 0.956. The van der Waals surface area contributed by atoms with Crippen LogP contribution in [0.15, 0.2) is 53.9 Å². The minimum absolute atomic E-state index is 1.08. The molecule has 0 aromatic carbocycles. The van der Waals surface area contributed by atoms with Crippen molar-refractivity contribution in [2.45, 2.75) is 0 Å². The average Bonchev–Trinajstić information content (AvgIpc) is 2.88. The van der Waals surface area contributed by atoms with Crippen LogP contribution in [0.3, 0.4) is 0 Å².